The van der Waals surface area contributed by atoms with Gasteiger partial charge in [-0.3, -0.25) is 38.4 Å². The minimum absolute atomic E-state index is 0.0207. The molecule has 11 rings (SSSR count). The van der Waals surface area contributed by atoms with Gasteiger partial charge in [0, 0.05) is 82.2 Å². The number of phenolic OH excluding ortho intramolecular Hbond substituents is 1. The number of nitrogens with zero attached hydrogens (tertiary/aromatic N) is 9. The summed E-state index contributed by atoms with van der Waals surface area (Å²) in [5.74, 6) is -6.82. The van der Waals surface area contributed by atoms with Crippen LogP contribution in [0.4, 0.5) is 0 Å². The summed E-state index contributed by atoms with van der Waals surface area (Å²) in [6, 6.07) is 13.4. The molecule has 1 saturated heterocycles. The molecule has 93 heavy (non-hydrogen) atoms. The lowest BCUT2D eigenvalue weighted by Crippen LogP contribution is -2.50. The molecule has 0 unspecified atom stereocenters. The van der Waals surface area contributed by atoms with Gasteiger partial charge < -0.3 is 57.0 Å². The van der Waals surface area contributed by atoms with Crippen LogP contribution in [0.1, 0.15) is 136 Å². The number of carbonyl (C=O) groups is 8. The number of hydrogen-bond acceptors (Lipinski definition) is 24. The highest BCUT2D eigenvalue weighted by Crippen LogP contribution is 2.43. The van der Waals surface area contributed by atoms with Crippen molar-refractivity contribution in [1.29, 1.82) is 0 Å². The highest BCUT2D eigenvalue weighted by molar-refractivity contribution is 7.15. The van der Waals surface area contributed by atoms with Crippen LogP contribution in [-0.4, -0.2) is 149 Å². The highest BCUT2D eigenvalue weighted by atomic mass is 32.1. The molecule has 2 aliphatic heterocycles. The van der Waals surface area contributed by atoms with Crippen molar-refractivity contribution in [3.05, 3.63) is 147 Å². The standard InChI is InChI=1S/C61H57N13O13S6/c1-28-42(76)22-74-49(28)59-69-40(26-92-59)56-66-37(23-89-56)47-33(16-17-34(63-47)55-70-41(27-90-55)60(86)73(18-6-10-44(78)79)19-7-11-45(80)81)54-67-38(24-88-54)51(83)64-35(21-43(62)77)57-72-46(29(2)93-57)53(85)71-48(50(82)31-8-4-3-5-9-31)58-68-39(25-91-58)52(84)65-36(61(74)87)20-30-12-14-32(75)15-13-30/h3-5,8-9,12-17,23-28,35-36,42,48-50,75-76,82H,6-7,10-11,18-22H2,1-2H3,(H2,62,77)(H,64,83)(H,65,84)(H,71,85)(H,78,79)(H,80,81)/t28-,35-,36-,42-,48-,49-,50+/m0/s1. The van der Waals surface area contributed by atoms with E-state index in [-0.39, 0.29) is 96.0 Å². The number of benzene rings is 2. The molecule has 0 radical (unpaired) electrons. The summed E-state index contributed by atoms with van der Waals surface area (Å²) >= 11 is 6.67. The largest absolute Gasteiger partial charge is 0.508 e. The molecule has 0 saturated carbocycles. The molecule has 1 fully saturated rings. The summed E-state index contributed by atoms with van der Waals surface area (Å²) in [6.07, 6.45) is -3.10. The first-order valence-electron chi connectivity index (χ1n) is 28.9. The topological polar surface area (TPSA) is 397 Å². The van der Waals surface area contributed by atoms with Crippen LogP contribution in [0, 0.1) is 12.8 Å². The monoisotopic (exact) mass is 1370 g/mol. The van der Waals surface area contributed by atoms with Crippen molar-refractivity contribution in [2.24, 2.45) is 11.7 Å². The van der Waals surface area contributed by atoms with Gasteiger partial charge in [-0.25, -0.2) is 34.9 Å². The second-order valence-corrected chi connectivity index (χ2v) is 27.4. The fourth-order valence-corrected chi connectivity index (χ4v) is 15.9. The van der Waals surface area contributed by atoms with Crippen LogP contribution in [0.2, 0.25) is 0 Å². The van der Waals surface area contributed by atoms with Crippen molar-refractivity contribution in [2.45, 2.75) is 88.7 Å². The maximum absolute atomic E-state index is 15.2. The SMILES string of the molecule is Cc1sc2nc1C(=O)N[C@@H]([C@H](O)c1ccccc1)c1nc(cs1)C(=O)N[C@@H](Cc1ccc(O)cc1)C(=O)N1C[C@H](O)[C@H](C)[C@H]1c1nc(cs1)-c1nc(cs1)-c1nc(-c3nc(C(=O)N(CCCC(=O)O)CCCC(=O)O)cs3)ccc1-c1nc(cs1)C(=O)N[C@H]2CC(N)=O. The third kappa shape index (κ3) is 14.9. The number of carbonyl (C=O) groups excluding carboxylic acids is 6. The Bertz CT molecular complexity index is 4280. The van der Waals surface area contributed by atoms with E-state index in [0.29, 0.717) is 58.7 Å². The van der Waals surface area contributed by atoms with Crippen molar-refractivity contribution < 1.29 is 63.9 Å². The Morgan fingerprint density at radius 3 is 1.98 bits per heavy atom. The first-order chi connectivity index (χ1) is 44.7. The van der Waals surface area contributed by atoms with Crippen LogP contribution >= 0.6 is 68.0 Å². The summed E-state index contributed by atoms with van der Waals surface area (Å²) in [6.45, 7) is 3.38. The average molecular weight is 1370 g/mol. The fraction of sp³-hybridized carbons (Fsp3) is 0.295. The van der Waals surface area contributed by atoms with E-state index >= 15 is 4.79 Å². The smallest absolute Gasteiger partial charge is 0.303 e. The number of rotatable bonds is 16. The summed E-state index contributed by atoms with van der Waals surface area (Å²) < 4.78 is 0. The van der Waals surface area contributed by atoms with Gasteiger partial charge in [-0.05, 0) is 55.2 Å². The van der Waals surface area contributed by atoms with Crippen LogP contribution in [0.3, 0.4) is 0 Å². The van der Waals surface area contributed by atoms with Crippen molar-refractivity contribution in [3.8, 4) is 49.1 Å². The van der Waals surface area contributed by atoms with Gasteiger partial charge >= 0.3 is 11.9 Å². The van der Waals surface area contributed by atoms with Gasteiger partial charge in [-0.2, -0.15) is 0 Å². The maximum Gasteiger partial charge on any atom is 0.303 e. The molecule has 6 amide bonds. The third-order valence-electron chi connectivity index (χ3n) is 15.4. The fourth-order valence-electron chi connectivity index (χ4n) is 10.6. The van der Waals surface area contributed by atoms with E-state index in [4.69, 9.17) is 25.7 Å². The van der Waals surface area contributed by atoms with Crippen molar-refractivity contribution in [3.63, 3.8) is 0 Å². The number of aryl methyl sites for hydroxylation is 1. The number of aliphatic hydroxyl groups excluding tert-OH is 2. The zero-order chi connectivity index (χ0) is 65.8. The van der Waals surface area contributed by atoms with Crippen LogP contribution in [0.25, 0.3) is 43.4 Å². The van der Waals surface area contributed by atoms with Crippen LogP contribution < -0.4 is 21.7 Å². The summed E-state index contributed by atoms with van der Waals surface area (Å²) in [5.41, 5.74) is 8.19. The summed E-state index contributed by atoms with van der Waals surface area (Å²) in [5, 5.41) is 70.6. The molecule has 480 valence electrons. The first-order valence-corrected chi connectivity index (χ1v) is 34.1. The minimum Gasteiger partial charge on any atom is -0.508 e. The molecule has 10 N–H and O–H groups in total. The Balaban J connectivity index is 0.995. The molecular formula is C61H57N13O13S6. The number of nitrogens with one attached hydrogen (secondary N) is 3. The first kappa shape index (κ1) is 65.3. The molecule has 2 aromatic carbocycles. The van der Waals surface area contributed by atoms with E-state index in [1.54, 1.807) is 79.2 Å². The summed E-state index contributed by atoms with van der Waals surface area (Å²) in [7, 11) is 0. The number of hydrogen-bond donors (Lipinski definition) is 9. The van der Waals surface area contributed by atoms with E-state index in [2.05, 4.69) is 30.9 Å². The van der Waals surface area contributed by atoms with E-state index in [9.17, 15) is 59.1 Å². The number of carboxylic acids is 2. The maximum atomic E-state index is 15.2. The number of carboxylic acid groups (broad SMARTS) is 2. The highest BCUT2D eigenvalue weighted by Gasteiger charge is 2.46. The van der Waals surface area contributed by atoms with Gasteiger partial charge in [0.15, 0.2) is 0 Å². The number of thiazole rings is 6. The number of aliphatic hydroxyl groups is 2. The number of amides is 6. The van der Waals surface area contributed by atoms with Gasteiger partial charge in [0.25, 0.3) is 23.6 Å². The number of aromatic hydroxyl groups is 1. The molecule has 9 heterocycles. The van der Waals surface area contributed by atoms with Gasteiger partial charge in [-0.1, -0.05) is 49.4 Å². The molecular weight excluding hydrogens is 1320 g/mol. The van der Waals surface area contributed by atoms with Crippen molar-refractivity contribution in [2.75, 3.05) is 19.6 Å². The van der Waals surface area contributed by atoms with Gasteiger partial charge in [0.2, 0.25) is 11.8 Å². The van der Waals surface area contributed by atoms with E-state index in [0.717, 1.165) is 45.3 Å². The zero-order valence-electron chi connectivity index (χ0n) is 49.2. The number of fused-ring (bicyclic) bond motifs is 16. The van der Waals surface area contributed by atoms with Crippen molar-refractivity contribution >= 4 is 115 Å². The number of aliphatic carboxylic acids is 2. The lowest BCUT2D eigenvalue weighted by atomic mass is 10.00. The number of pyridine rings is 1. The second-order valence-electron chi connectivity index (χ2n) is 21.9. The number of primary amides is 1. The molecule has 26 nitrogen and oxygen atoms in total. The average Bonchev–Trinajstić information content (AvgIpc) is 1.68. The molecule has 9 aromatic rings. The number of aromatic nitrogens is 7. The zero-order valence-corrected chi connectivity index (χ0v) is 54.1. The van der Waals surface area contributed by atoms with E-state index < -0.39 is 96.1 Å². The molecule has 0 spiro atoms. The molecule has 7 atom stereocenters. The molecule has 0 aliphatic carbocycles. The third-order valence-corrected chi connectivity index (χ3v) is 20.9. The minimum atomic E-state index is -1.43. The Labute approximate surface area is 553 Å². The van der Waals surface area contributed by atoms with Crippen molar-refractivity contribution in [1.82, 2.24) is 60.6 Å². The Morgan fingerprint density at radius 1 is 0.656 bits per heavy atom. The lowest BCUT2D eigenvalue weighted by Gasteiger charge is -2.29. The van der Waals surface area contributed by atoms with Crippen LogP contribution in [-0.2, 0) is 25.6 Å². The Morgan fingerprint density at radius 2 is 1.27 bits per heavy atom. The second kappa shape index (κ2) is 28.4. The van der Waals surface area contributed by atoms with Crippen LogP contribution in [0.5, 0.6) is 5.75 Å². The predicted molar refractivity (Wildman–Crippen MR) is 346 cm³/mol. The Kier molecular flexibility index (Phi) is 19.9. The van der Waals surface area contributed by atoms with Gasteiger partial charge in [-0.15, -0.1) is 68.0 Å². The van der Waals surface area contributed by atoms with E-state index in [1.165, 1.54) is 60.7 Å². The molecule has 10 bridgehead atoms. The number of nitrogens with two attached hydrogens (primary N) is 1. The molecule has 7 aromatic heterocycles. The Hall–Kier alpha value is -9.15. The normalized spacial score (nSPS) is 18.8. The van der Waals surface area contributed by atoms with Gasteiger partial charge in [0.05, 0.1) is 30.3 Å². The predicted octanol–water partition coefficient (Wildman–Crippen LogP) is 7.46. The van der Waals surface area contributed by atoms with Crippen LogP contribution in [0.15, 0.2) is 93.6 Å². The van der Waals surface area contributed by atoms with E-state index in [1.807, 2.05) is 0 Å². The number of phenols is 1. The molecule has 2 aliphatic rings. The van der Waals surface area contributed by atoms with Gasteiger partial charge in [0.1, 0.15) is 93.8 Å². The lowest BCUT2D eigenvalue weighted by molar-refractivity contribution is -0.138. The summed E-state index contributed by atoms with van der Waals surface area (Å²) in [4.78, 5) is 145. The molecule has 32 heteroatoms. The quantitative estimate of drug-likeness (QED) is 0.0453.